The van der Waals surface area contributed by atoms with E-state index in [2.05, 4.69) is 10.6 Å². The molecule has 1 atom stereocenters. The normalized spacial score (nSPS) is 21.4. The number of benzene rings is 1. The van der Waals surface area contributed by atoms with Gasteiger partial charge in [0.15, 0.2) is 0 Å². The number of carboxylic acids is 1. The van der Waals surface area contributed by atoms with Crippen molar-refractivity contribution in [3.05, 3.63) is 23.2 Å². The summed E-state index contributed by atoms with van der Waals surface area (Å²) < 4.78 is 5.08. The lowest BCUT2D eigenvalue weighted by Gasteiger charge is -2.41. The summed E-state index contributed by atoms with van der Waals surface area (Å²) in [5, 5.41) is 15.4. The maximum atomic E-state index is 12.5. The van der Waals surface area contributed by atoms with E-state index >= 15 is 0 Å². The second-order valence-electron chi connectivity index (χ2n) is 6.57. The van der Waals surface area contributed by atoms with E-state index < -0.39 is 17.4 Å². The Morgan fingerprint density at radius 3 is 2.65 bits per heavy atom. The summed E-state index contributed by atoms with van der Waals surface area (Å²) in [6.07, 6.45) is 0.810. The van der Waals surface area contributed by atoms with Crippen LogP contribution in [0.15, 0.2) is 18.2 Å². The van der Waals surface area contributed by atoms with Crippen LogP contribution in [-0.4, -0.2) is 53.7 Å². The van der Waals surface area contributed by atoms with Gasteiger partial charge in [-0.1, -0.05) is 11.6 Å². The Morgan fingerprint density at radius 2 is 2.08 bits per heavy atom. The number of aliphatic carboxylic acids is 1. The van der Waals surface area contributed by atoms with E-state index in [1.54, 1.807) is 23.1 Å². The zero-order chi connectivity index (χ0) is 18.9. The van der Waals surface area contributed by atoms with E-state index in [4.69, 9.17) is 16.3 Å². The summed E-state index contributed by atoms with van der Waals surface area (Å²) in [6, 6.07) is 4.65. The molecule has 2 saturated heterocycles. The number of carboxylic acid groups (broad SMARTS) is 1. The second-order valence-corrected chi connectivity index (χ2v) is 6.97. The Bertz CT molecular complexity index is 746. The molecular weight excluding hydrogens is 362 g/mol. The maximum Gasteiger partial charge on any atom is 0.321 e. The first kappa shape index (κ1) is 18.3. The number of carbonyl (C=O) groups is 3. The van der Waals surface area contributed by atoms with Crippen molar-refractivity contribution in [2.75, 3.05) is 25.5 Å². The Balaban J connectivity index is 1.63. The van der Waals surface area contributed by atoms with E-state index in [1.807, 2.05) is 0 Å². The molecule has 1 aromatic rings. The van der Waals surface area contributed by atoms with E-state index in [-0.39, 0.29) is 18.4 Å². The van der Waals surface area contributed by atoms with Crippen LogP contribution in [0.5, 0.6) is 5.75 Å². The molecule has 3 N–H and O–H groups in total. The molecule has 1 aromatic carbocycles. The topological polar surface area (TPSA) is 108 Å². The summed E-state index contributed by atoms with van der Waals surface area (Å²) in [6.45, 7) is 0.722. The smallest absolute Gasteiger partial charge is 0.321 e. The maximum absolute atomic E-state index is 12.5. The minimum atomic E-state index is -0.978. The van der Waals surface area contributed by atoms with Crippen LogP contribution in [0.1, 0.15) is 19.3 Å². The molecule has 3 amide bonds. The number of rotatable bonds is 3. The fourth-order valence-corrected chi connectivity index (χ4v) is 3.91. The van der Waals surface area contributed by atoms with Crippen LogP contribution < -0.4 is 15.4 Å². The number of hydrogen-bond donors (Lipinski definition) is 3. The van der Waals surface area contributed by atoms with Crippen LogP contribution in [0.25, 0.3) is 0 Å². The molecule has 0 bridgehead atoms. The lowest BCUT2D eigenvalue weighted by atomic mass is 9.78. The molecular formula is C17H20ClN3O5. The predicted octanol–water partition coefficient (Wildman–Crippen LogP) is 1.94. The van der Waals surface area contributed by atoms with Gasteiger partial charge in [-0.3, -0.25) is 9.59 Å². The molecule has 9 heteroatoms. The lowest BCUT2D eigenvalue weighted by molar-refractivity contribution is -0.144. The zero-order valence-electron chi connectivity index (χ0n) is 14.3. The number of urea groups is 1. The first-order valence-electron chi connectivity index (χ1n) is 8.28. The number of amides is 3. The summed E-state index contributed by atoms with van der Waals surface area (Å²) in [7, 11) is 1.51. The lowest BCUT2D eigenvalue weighted by Crippen LogP contribution is -2.57. The fourth-order valence-electron chi connectivity index (χ4n) is 3.65. The van der Waals surface area contributed by atoms with Crippen molar-refractivity contribution in [3.8, 4) is 5.75 Å². The third kappa shape index (κ3) is 3.41. The van der Waals surface area contributed by atoms with E-state index in [1.165, 1.54) is 7.11 Å². The van der Waals surface area contributed by atoms with Gasteiger partial charge in [0.05, 0.1) is 23.6 Å². The van der Waals surface area contributed by atoms with E-state index in [0.29, 0.717) is 42.4 Å². The van der Waals surface area contributed by atoms with Gasteiger partial charge in [-0.15, -0.1) is 0 Å². The Labute approximate surface area is 155 Å². The number of nitrogens with zero attached hydrogens (tertiary/aromatic N) is 1. The molecule has 0 aliphatic carbocycles. The van der Waals surface area contributed by atoms with Crippen LogP contribution in [0.2, 0.25) is 5.02 Å². The van der Waals surface area contributed by atoms with Crippen molar-refractivity contribution in [2.24, 2.45) is 5.92 Å². The van der Waals surface area contributed by atoms with Crippen molar-refractivity contribution in [3.63, 3.8) is 0 Å². The monoisotopic (exact) mass is 381 g/mol. The number of halogens is 1. The van der Waals surface area contributed by atoms with Gasteiger partial charge in [0.2, 0.25) is 5.91 Å². The molecule has 0 aromatic heterocycles. The molecule has 2 aliphatic heterocycles. The van der Waals surface area contributed by atoms with Crippen molar-refractivity contribution in [1.29, 1.82) is 0 Å². The van der Waals surface area contributed by atoms with Gasteiger partial charge < -0.3 is 25.4 Å². The zero-order valence-corrected chi connectivity index (χ0v) is 15.0. The molecule has 1 spiro atoms. The number of ether oxygens (including phenoxy) is 1. The highest BCUT2D eigenvalue weighted by molar-refractivity contribution is 6.32. The minimum absolute atomic E-state index is 0.00806. The molecule has 2 aliphatic rings. The first-order valence-corrected chi connectivity index (χ1v) is 8.66. The number of piperidine rings is 1. The van der Waals surface area contributed by atoms with Gasteiger partial charge >= 0.3 is 12.0 Å². The highest BCUT2D eigenvalue weighted by atomic mass is 35.5. The fraction of sp³-hybridized carbons (Fsp3) is 0.471. The number of hydrogen-bond acceptors (Lipinski definition) is 4. The van der Waals surface area contributed by atoms with Crippen LogP contribution in [0.3, 0.4) is 0 Å². The predicted molar refractivity (Wildman–Crippen MR) is 94.4 cm³/mol. The second kappa shape index (κ2) is 7.03. The van der Waals surface area contributed by atoms with Crippen molar-refractivity contribution >= 4 is 35.2 Å². The molecule has 3 rings (SSSR count). The standard InChI is InChI=1S/C17H20ClN3O5/c1-26-13-3-2-10(8-12(13)18)19-16(25)21-6-4-17(5-7-21)11(15(23)24)9-14(22)20-17/h2-3,8,11H,4-7,9H2,1H3,(H,19,25)(H,20,22)(H,23,24)/t11-/m1/s1. The number of methoxy groups -OCH3 is 1. The van der Waals surface area contributed by atoms with Crippen LogP contribution in [-0.2, 0) is 9.59 Å². The van der Waals surface area contributed by atoms with Gasteiger partial charge in [0.1, 0.15) is 5.75 Å². The first-order chi connectivity index (χ1) is 12.3. The Kier molecular flexibility index (Phi) is 4.95. The quantitative estimate of drug-likeness (QED) is 0.741. The summed E-state index contributed by atoms with van der Waals surface area (Å²) >= 11 is 6.05. The Morgan fingerprint density at radius 1 is 1.38 bits per heavy atom. The molecule has 2 fully saturated rings. The van der Waals surface area contributed by atoms with Gasteiger partial charge in [-0.2, -0.15) is 0 Å². The summed E-state index contributed by atoms with van der Waals surface area (Å²) in [5.41, 5.74) is -0.220. The van der Waals surface area contributed by atoms with Gasteiger partial charge in [-0.05, 0) is 31.0 Å². The molecule has 0 unspecified atom stereocenters. The SMILES string of the molecule is COc1ccc(NC(=O)N2CCC3(CC2)NC(=O)C[C@@H]3C(=O)O)cc1Cl. The number of nitrogens with one attached hydrogen (secondary N) is 2. The largest absolute Gasteiger partial charge is 0.495 e. The van der Waals surface area contributed by atoms with Crippen molar-refractivity contribution in [2.45, 2.75) is 24.8 Å². The molecule has 0 saturated carbocycles. The number of likely N-dealkylation sites (tertiary alicyclic amines) is 1. The highest BCUT2D eigenvalue weighted by Crippen LogP contribution is 2.37. The van der Waals surface area contributed by atoms with Crippen molar-refractivity contribution < 1.29 is 24.2 Å². The van der Waals surface area contributed by atoms with Crippen LogP contribution in [0.4, 0.5) is 10.5 Å². The average molecular weight is 382 g/mol. The van der Waals surface area contributed by atoms with E-state index in [9.17, 15) is 19.5 Å². The minimum Gasteiger partial charge on any atom is -0.495 e. The molecule has 140 valence electrons. The molecule has 2 heterocycles. The number of anilines is 1. The van der Waals surface area contributed by atoms with Gasteiger partial charge in [0.25, 0.3) is 0 Å². The summed E-state index contributed by atoms with van der Waals surface area (Å²) in [5.74, 6) is -1.46. The summed E-state index contributed by atoms with van der Waals surface area (Å²) in [4.78, 5) is 37.2. The number of carbonyl (C=O) groups excluding carboxylic acids is 2. The molecule has 26 heavy (non-hydrogen) atoms. The Hall–Kier alpha value is -2.48. The van der Waals surface area contributed by atoms with Crippen LogP contribution >= 0.6 is 11.6 Å². The third-order valence-corrected chi connectivity index (χ3v) is 5.38. The van der Waals surface area contributed by atoms with Gasteiger partial charge in [0, 0.05) is 25.2 Å². The molecule has 0 radical (unpaired) electrons. The average Bonchev–Trinajstić information content (AvgIpc) is 2.92. The van der Waals surface area contributed by atoms with Gasteiger partial charge in [-0.25, -0.2) is 4.79 Å². The van der Waals surface area contributed by atoms with Crippen molar-refractivity contribution in [1.82, 2.24) is 10.2 Å². The third-order valence-electron chi connectivity index (χ3n) is 5.09. The highest BCUT2D eigenvalue weighted by Gasteiger charge is 2.52. The van der Waals surface area contributed by atoms with E-state index in [0.717, 1.165) is 0 Å². The van der Waals surface area contributed by atoms with Crippen LogP contribution in [0, 0.1) is 5.92 Å². The molecule has 8 nitrogen and oxygen atoms in total.